The fourth-order valence-corrected chi connectivity index (χ4v) is 1.62. The molecule has 0 aliphatic heterocycles. The minimum atomic E-state index is -0.286. The first-order valence-electron chi connectivity index (χ1n) is 6.28. The lowest BCUT2D eigenvalue weighted by Gasteiger charge is -2.09. The van der Waals surface area contributed by atoms with Crippen molar-refractivity contribution in [3.8, 4) is 0 Å². The molecule has 0 aliphatic carbocycles. The molecule has 0 fully saturated rings. The Morgan fingerprint density at radius 2 is 2.11 bits per heavy atom. The van der Waals surface area contributed by atoms with E-state index < -0.39 is 0 Å². The number of hydrogen-bond acceptors (Lipinski definition) is 2. The minimum absolute atomic E-state index is 0.0322. The van der Waals surface area contributed by atoms with Crippen LogP contribution in [0.4, 0.5) is 10.1 Å². The molecule has 1 amide bonds. The Kier molecular flexibility index (Phi) is 5.78. The number of amides is 1. The zero-order valence-electron chi connectivity index (χ0n) is 11.2. The van der Waals surface area contributed by atoms with Gasteiger partial charge >= 0.3 is 0 Å². The average Bonchev–Trinajstić information content (AvgIpc) is 2.28. The number of nitrogens with one attached hydrogen (secondary N) is 2. The van der Waals surface area contributed by atoms with E-state index in [0.717, 1.165) is 18.5 Å². The molecule has 0 aromatic heterocycles. The Labute approximate surface area is 108 Å². The molecule has 100 valence electrons. The van der Waals surface area contributed by atoms with Crippen LogP contribution >= 0.6 is 0 Å². The highest BCUT2D eigenvalue weighted by Gasteiger charge is 2.05. The highest BCUT2D eigenvalue weighted by atomic mass is 19.1. The van der Waals surface area contributed by atoms with Gasteiger partial charge in [0.25, 0.3) is 0 Å². The number of anilines is 1. The van der Waals surface area contributed by atoms with Crippen molar-refractivity contribution in [2.45, 2.75) is 39.7 Å². The van der Waals surface area contributed by atoms with Crippen LogP contribution < -0.4 is 10.6 Å². The zero-order valence-corrected chi connectivity index (χ0v) is 11.2. The van der Waals surface area contributed by atoms with Gasteiger partial charge in [-0.25, -0.2) is 4.39 Å². The Morgan fingerprint density at radius 3 is 2.72 bits per heavy atom. The lowest BCUT2D eigenvalue weighted by molar-refractivity contribution is -0.116. The van der Waals surface area contributed by atoms with Crippen LogP contribution in [0.5, 0.6) is 0 Å². The summed E-state index contributed by atoms with van der Waals surface area (Å²) in [4.78, 5) is 11.7. The molecule has 0 atom stereocenters. The lowest BCUT2D eigenvalue weighted by atomic mass is 10.2. The molecule has 0 spiro atoms. The van der Waals surface area contributed by atoms with Gasteiger partial charge in [-0.1, -0.05) is 13.8 Å². The monoisotopic (exact) mass is 252 g/mol. The van der Waals surface area contributed by atoms with Gasteiger partial charge in [0.05, 0.1) is 0 Å². The van der Waals surface area contributed by atoms with Crippen LogP contribution in [0.25, 0.3) is 0 Å². The van der Waals surface area contributed by atoms with Crippen LogP contribution in [0.3, 0.4) is 0 Å². The van der Waals surface area contributed by atoms with Crippen LogP contribution in [0.2, 0.25) is 0 Å². The van der Waals surface area contributed by atoms with Gasteiger partial charge in [0.2, 0.25) is 5.91 Å². The van der Waals surface area contributed by atoms with Crippen molar-refractivity contribution in [3.05, 3.63) is 29.6 Å². The van der Waals surface area contributed by atoms with Gasteiger partial charge in [-0.2, -0.15) is 0 Å². The first kappa shape index (κ1) is 14.6. The van der Waals surface area contributed by atoms with Crippen molar-refractivity contribution in [2.75, 3.05) is 11.9 Å². The Morgan fingerprint density at radius 1 is 1.39 bits per heavy atom. The SMILES string of the molecule is Cc1cc(F)ccc1NC(=O)CCCNC(C)C. The number of halogens is 1. The van der Waals surface area contributed by atoms with Gasteiger partial charge in [0, 0.05) is 18.2 Å². The first-order chi connectivity index (χ1) is 8.49. The zero-order chi connectivity index (χ0) is 13.5. The fraction of sp³-hybridized carbons (Fsp3) is 0.500. The van der Waals surface area contributed by atoms with Crippen LogP contribution in [-0.2, 0) is 4.79 Å². The molecule has 0 saturated heterocycles. The maximum absolute atomic E-state index is 12.9. The van der Waals surface area contributed by atoms with Crippen molar-refractivity contribution < 1.29 is 9.18 Å². The van der Waals surface area contributed by atoms with Gasteiger partial charge in [-0.15, -0.1) is 0 Å². The Hall–Kier alpha value is -1.42. The van der Waals surface area contributed by atoms with Crippen molar-refractivity contribution in [1.82, 2.24) is 5.32 Å². The maximum atomic E-state index is 12.9. The molecule has 1 aromatic carbocycles. The summed E-state index contributed by atoms with van der Waals surface area (Å²) in [6.45, 7) is 6.75. The van der Waals surface area contributed by atoms with Gasteiger partial charge < -0.3 is 10.6 Å². The number of carbonyl (C=O) groups excluding carboxylic acids is 1. The molecule has 0 radical (unpaired) electrons. The second-order valence-electron chi connectivity index (χ2n) is 4.72. The molecule has 1 rings (SSSR count). The summed E-state index contributed by atoms with van der Waals surface area (Å²) in [5, 5.41) is 6.05. The van der Waals surface area contributed by atoms with E-state index in [9.17, 15) is 9.18 Å². The van der Waals surface area contributed by atoms with Gasteiger partial charge in [0.15, 0.2) is 0 Å². The Balaban J connectivity index is 2.35. The number of carbonyl (C=O) groups is 1. The lowest BCUT2D eigenvalue weighted by Crippen LogP contribution is -2.24. The van der Waals surface area contributed by atoms with E-state index in [1.165, 1.54) is 12.1 Å². The van der Waals surface area contributed by atoms with E-state index in [4.69, 9.17) is 0 Å². The normalized spacial score (nSPS) is 10.7. The van der Waals surface area contributed by atoms with Crippen LogP contribution in [0.15, 0.2) is 18.2 Å². The third-order valence-electron chi connectivity index (χ3n) is 2.60. The fourth-order valence-electron chi connectivity index (χ4n) is 1.62. The molecule has 3 nitrogen and oxygen atoms in total. The van der Waals surface area contributed by atoms with Crippen LogP contribution in [-0.4, -0.2) is 18.5 Å². The first-order valence-corrected chi connectivity index (χ1v) is 6.28. The topological polar surface area (TPSA) is 41.1 Å². The van der Waals surface area contributed by atoms with E-state index in [2.05, 4.69) is 24.5 Å². The van der Waals surface area contributed by atoms with E-state index in [1.807, 2.05) is 0 Å². The number of aryl methyl sites for hydroxylation is 1. The highest BCUT2D eigenvalue weighted by molar-refractivity contribution is 5.91. The smallest absolute Gasteiger partial charge is 0.224 e. The molecule has 0 unspecified atom stereocenters. The molecule has 0 bridgehead atoms. The van der Waals surface area contributed by atoms with E-state index in [1.54, 1.807) is 13.0 Å². The predicted octanol–water partition coefficient (Wildman–Crippen LogP) is 2.85. The molecule has 2 N–H and O–H groups in total. The van der Waals surface area contributed by atoms with Crippen LogP contribution in [0, 0.1) is 12.7 Å². The maximum Gasteiger partial charge on any atom is 0.224 e. The standard InChI is InChI=1S/C14H21FN2O/c1-10(2)16-8-4-5-14(18)17-13-7-6-12(15)9-11(13)3/h6-7,9-10,16H,4-5,8H2,1-3H3,(H,17,18). The quantitative estimate of drug-likeness (QED) is 0.764. The number of rotatable bonds is 6. The molecule has 1 aromatic rings. The minimum Gasteiger partial charge on any atom is -0.326 e. The molecule has 0 saturated carbocycles. The third-order valence-corrected chi connectivity index (χ3v) is 2.60. The predicted molar refractivity (Wildman–Crippen MR) is 72.1 cm³/mol. The van der Waals surface area contributed by atoms with Gasteiger partial charge in [-0.3, -0.25) is 4.79 Å². The summed E-state index contributed by atoms with van der Waals surface area (Å²) in [5.41, 5.74) is 1.42. The molecule has 0 heterocycles. The van der Waals surface area contributed by atoms with Crippen molar-refractivity contribution in [3.63, 3.8) is 0 Å². The third kappa shape index (κ3) is 5.27. The largest absolute Gasteiger partial charge is 0.326 e. The summed E-state index contributed by atoms with van der Waals surface area (Å²) in [5.74, 6) is -0.318. The summed E-state index contributed by atoms with van der Waals surface area (Å²) >= 11 is 0. The van der Waals surface area contributed by atoms with Gasteiger partial charge in [-0.05, 0) is 43.7 Å². The Bertz CT molecular complexity index is 405. The van der Waals surface area contributed by atoms with Gasteiger partial charge in [0.1, 0.15) is 5.82 Å². The van der Waals surface area contributed by atoms with Crippen molar-refractivity contribution in [2.24, 2.45) is 0 Å². The summed E-state index contributed by atoms with van der Waals surface area (Å²) in [6, 6.07) is 4.79. The average molecular weight is 252 g/mol. The van der Waals surface area contributed by atoms with Crippen molar-refractivity contribution >= 4 is 11.6 Å². The van der Waals surface area contributed by atoms with E-state index >= 15 is 0 Å². The molecular weight excluding hydrogens is 231 g/mol. The second-order valence-corrected chi connectivity index (χ2v) is 4.72. The summed E-state index contributed by atoms with van der Waals surface area (Å²) in [7, 11) is 0. The molecular formula is C14H21FN2O. The van der Waals surface area contributed by atoms with E-state index in [0.29, 0.717) is 18.2 Å². The summed E-state index contributed by atoms with van der Waals surface area (Å²) < 4.78 is 12.9. The molecule has 0 aliphatic rings. The summed E-state index contributed by atoms with van der Waals surface area (Å²) in [6.07, 6.45) is 1.26. The molecule has 18 heavy (non-hydrogen) atoms. The number of benzene rings is 1. The highest BCUT2D eigenvalue weighted by Crippen LogP contribution is 2.15. The van der Waals surface area contributed by atoms with Crippen LogP contribution in [0.1, 0.15) is 32.3 Å². The van der Waals surface area contributed by atoms with E-state index in [-0.39, 0.29) is 11.7 Å². The molecule has 4 heteroatoms. The van der Waals surface area contributed by atoms with Crippen molar-refractivity contribution in [1.29, 1.82) is 0 Å². The second kappa shape index (κ2) is 7.11. The number of hydrogen-bond donors (Lipinski definition) is 2.